The minimum absolute atomic E-state index is 0.0910. The Morgan fingerprint density at radius 3 is 2.44 bits per heavy atom. The van der Waals surface area contributed by atoms with Crippen molar-refractivity contribution in [3.8, 4) is 0 Å². The smallest absolute Gasteiger partial charge is 0.308 e. The van der Waals surface area contributed by atoms with E-state index < -0.39 is 21.9 Å². The van der Waals surface area contributed by atoms with Gasteiger partial charge in [0.25, 0.3) is 0 Å². The highest BCUT2D eigenvalue weighted by Crippen LogP contribution is 2.20. The lowest BCUT2D eigenvalue weighted by Crippen LogP contribution is -2.35. The van der Waals surface area contributed by atoms with E-state index in [0.717, 1.165) is 4.88 Å². The zero-order valence-corrected chi connectivity index (χ0v) is 12.1. The van der Waals surface area contributed by atoms with Gasteiger partial charge in [-0.05, 0) is 25.0 Å². The highest BCUT2D eigenvalue weighted by atomic mass is 32.2. The Labute approximate surface area is 111 Å². The van der Waals surface area contributed by atoms with Crippen LogP contribution < -0.4 is 4.72 Å². The summed E-state index contributed by atoms with van der Waals surface area (Å²) in [6, 6.07) is 3.24. The van der Waals surface area contributed by atoms with Crippen molar-refractivity contribution in [3.05, 3.63) is 17.0 Å². The summed E-state index contributed by atoms with van der Waals surface area (Å²) in [7, 11) is -3.60. The van der Waals surface area contributed by atoms with Gasteiger partial charge in [0.2, 0.25) is 10.0 Å². The summed E-state index contributed by atoms with van der Waals surface area (Å²) in [5.74, 6) is -1.84. The molecule has 0 amide bonds. The van der Waals surface area contributed by atoms with Gasteiger partial charge in [-0.3, -0.25) is 4.79 Å². The van der Waals surface area contributed by atoms with E-state index in [0.29, 0.717) is 0 Å². The van der Waals surface area contributed by atoms with Crippen LogP contribution in [0, 0.1) is 18.8 Å². The predicted molar refractivity (Wildman–Crippen MR) is 70.2 cm³/mol. The molecule has 5 nitrogen and oxygen atoms in total. The summed E-state index contributed by atoms with van der Waals surface area (Å²) >= 11 is 1.17. The van der Waals surface area contributed by atoms with Crippen LogP contribution in [0.2, 0.25) is 0 Å². The Hall–Kier alpha value is -0.920. The zero-order chi connectivity index (χ0) is 13.9. The number of aliphatic carboxylic acids is 1. The normalized spacial score (nSPS) is 13.8. The Balaban J connectivity index is 2.76. The maximum Gasteiger partial charge on any atom is 0.308 e. The zero-order valence-electron chi connectivity index (χ0n) is 10.5. The second-order valence-corrected chi connectivity index (χ2v) is 7.69. The fraction of sp³-hybridized carbons (Fsp3) is 0.545. The fourth-order valence-electron chi connectivity index (χ4n) is 1.44. The number of hydrogen-bond donors (Lipinski definition) is 2. The van der Waals surface area contributed by atoms with E-state index in [4.69, 9.17) is 5.11 Å². The average molecular weight is 291 g/mol. The van der Waals surface area contributed by atoms with Gasteiger partial charge in [-0.2, -0.15) is 0 Å². The summed E-state index contributed by atoms with van der Waals surface area (Å²) in [5.41, 5.74) is 0. The molecule has 0 saturated heterocycles. The first-order valence-electron chi connectivity index (χ1n) is 5.53. The first-order valence-corrected chi connectivity index (χ1v) is 7.83. The summed E-state index contributed by atoms with van der Waals surface area (Å²) in [4.78, 5) is 11.9. The molecule has 0 bridgehead atoms. The molecule has 0 aromatic carbocycles. The first kappa shape index (κ1) is 15.1. The van der Waals surface area contributed by atoms with Gasteiger partial charge >= 0.3 is 5.97 Å². The molecule has 1 rings (SSSR count). The molecule has 1 aromatic rings. The molecule has 1 aromatic heterocycles. The summed E-state index contributed by atoms with van der Waals surface area (Å²) < 4.78 is 26.4. The van der Waals surface area contributed by atoms with E-state index in [1.165, 1.54) is 17.4 Å². The molecule has 0 aliphatic rings. The highest BCUT2D eigenvalue weighted by Gasteiger charge is 2.25. The molecule has 0 aliphatic carbocycles. The van der Waals surface area contributed by atoms with Gasteiger partial charge in [0.15, 0.2) is 0 Å². The van der Waals surface area contributed by atoms with Crippen molar-refractivity contribution in [1.82, 2.24) is 4.72 Å². The number of thiophene rings is 1. The number of carboxylic acid groups (broad SMARTS) is 1. The number of rotatable bonds is 6. The molecule has 7 heteroatoms. The lowest BCUT2D eigenvalue weighted by molar-refractivity contribution is -0.142. The Kier molecular flexibility index (Phi) is 4.89. The number of sulfonamides is 1. The topological polar surface area (TPSA) is 83.5 Å². The number of carboxylic acids is 1. The summed E-state index contributed by atoms with van der Waals surface area (Å²) in [6.45, 7) is 5.23. The largest absolute Gasteiger partial charge is 0.481 e. The third-order valence-corrected chi connectivity index (χ3v) is 5.51. The molecular formula is C11H17NO4S2. The minimum Gasteiger partial charge on any atom is -0.481 e. The van der Waals surface area contributed by atoms with Crippen molar-refractivity contribution in [2.45, 2.75) is 25.0 Å². The minimum atomic E-state index is -3.60. The molecule has 1 heterocycles. The van der Waals surface area contributed by atoms with Crippen LogP contribution in [0.4, 0.5) is 0 Å². The molecular weight excluding hydrogens is 274 g/mol. The van der Waals surface area contributed by atoms with Crippen molar-refractivity contribution >= 4 is 27.3 Å². The number of nitrogens with one attached hydrogen (secondary N) is 1. The van der Waals surface area contributed by atoms with E-state index in [-0.39, 0.29) is 16.7 Å². The van der Waals surface area contributed by atoms with Crippen molar-refractivity contribution in [2.24, 2.45) is 11.8 Å². The van der Waals surface area contributed by atoms with Gasteiger partial charge in [-0.25, -0.2) is 13.1 Å². The molecule has 0 fully saturated rings. The van der Waals surface area contributed by atoms with E-state index in [1.54, 1.807) is 19.9 Å². The summed E-state index contributed by atoms with van der Waals surface area (Å²) in [6.07, 6.45) is 0. The maximum atomic E-state index is 11.9. The Bertz CT molecular complexity index is 519. The van der Waals surface area contributed by atoms with E-state index >= 15 is 0 Å². The molecule has 1 unspecified atom stereocenters. The van der Waals surface area contributed by atoms with Crippen molar-refractivity contribution in [2.75, 3.05) is 6.54 Å². The van der Waals surface area contributed by atoms with Crippen LogP contribution in [0.3, 0.4) is 0 Å². The number of carbonyl (C=O) groups is 1. The van der Waals surface area contributed by atoms with Crippen LogP contribution in [0.1, 0.15) is 18.7 Å². The standard InChI is InChI=1S/C11H17NO4S2/c1-7(2)9(11(13)14)6-12-18(15,16)10-5-4-8(3)17-10/h4-5,7,9,12H,6H2,1-3H3,(H,13,14). The molecule has 0 aliphatic heterocycles. The monoisotopic (exact) mass is 291 g/mol. The van der Waals surface area contributed by atoms with E-state index in [9.17, 15) is 13.2 Å². The molecule has 0 radical (unpaired) electrons. The van der Waals surface area contributed by atoms with Crippen LogP contribution in [0.15, 0.2) is 16.3 Å². The van der Waals surface area contributed by atoms with Gasteiger partial charge in [0, 0.05) is 11.4 Å². The van der Waals surface area contributed by atoms with Gasteiger partial charge in [-0.15, -0.1) is 11.3 Å². The molecule has 0 spiro atoms. The van der Waals surface area contributed by atoms with Crippen molar-refractivity contribution in [3.63, 3.8) is 0 Å². The molecule has 102 valence electrons. The van der Waals surface area contributed by atoms with Crippen molar-refractivity contribution < 1.29 is 18.3 Å². The van der Waals surface area contributed by atoms with Crippen LogP contribution in [0.25, 0.3) is 0 Å². The molecule has 18 heavy (non-hydrogen) atoms. The van der Waals surface area contributed by atoms with Crippen LogP contribution in [-0.2, 0) is 14.8 Å². The predicted octanol–water partition coefficient (Wildman–Crippen LogP) is 1.69. The second-order valence-electron chi connectivity index (χ2n) is 4.41. The van der Waals surface area contributed by atoms with Crippen LogP contribution >= 0.6 is 11.3 Å². The van der Waals surface area contributed by atoms with Gasteiger partial charge in [0.05, 0.1) is 5.92 Å². The molecule has 0 saturated carbocycles. The quantitative estimate of drug-likeness (QED) is 0.835. The molecule has 2 N–H and O–H groups in total. The number of hydrogen-bond acceptors (Lipinski definition) is 4. The van der Waals surface area contributed by atoms with Crippen molar-refractivity contribution in [1.29, 1.82) is 0 Å². The van der Waals surface area contributed by atoms with Gasteiger partial charge in [0.1, 0.15) is 4.21 Å². The third kappa shape index (κ3) is 3.79. The lowest BCUT2D eigenvalue weighted by Gasteiger charge is -2.16. The average Bonchev–Trinajstić information content (AvgIpc) is 2.64. The van der Waals surface area contributed by atoms with Crippen LogP contribution in [0.5, 0.6) is 0 Å². The SMILES string of the molecule is Cc1ccc(S(=O)(=O)NCC(C(=O)O)C(C)C)s1. The molecule has 1 atom stereocenters. The summed E-state index contributed by atoms with van der Waals surface area (Å²) in [5, 5.41) is 8.98. The van der Waals surface area contributed by atoms with E-state index in [2.05, 4.69) is 4.72 Å². The van der Waals surface area contributed by atoms with Gasteiger partial charge in [-0.1, -0.05) is 13.8 Å². The fourth-order valence-corrected chi connectivity index (χ4v) is 3.82. The lowest BCUT2D eigenvalue weighted by atomic mass is 9.97. The second kappa shape index (κ2) is 5.81. The number of aryl methyl sites for hydroxylation is 1. The maximum absolute atomic E-state index is 11.9. The van der Waals surface area contributed by atoms with Gasteiger partial charge < -0.3 is 5.11 Å². The van der Waals surface area contributed by atoms with Crippen LogP contribution in [-0.4, -0.2) is 26.0 Å². The third-order valence-electron chi connectivity index (χ3n) is 2.60. The Morgan fingerprint density at radius 1 is 1.44 bits per heavy atom. The Morgan fingerprint density at radius 2 is 2.06 bits per heavy atom. The highest BCUT2D eigenvalue weighted by molar-refractivity contribution is 7.91. The van der Waals surface area contributed by atoms with E-state index in [1.807, 2.05) is 6.92 Å². The first-order chi connectivity index (χ1) is 8.24.